The summed E-state index contributed by atoms with van der Waals surface area (Å²) in [5, 5.41) is 26.3. The molecule has 0 aromatic heterocycles. The molecule has 0 radical (unpaired) electrons. The molecular weight excluding hydrogens is 315 g/mol. The van der Waals surface area contributed by atoms with Crippen LogP contribution in [-0.2, 0) is 0 Å². The van der Waals surface area contributed by atoms with Gasteiger partial charge in [0, 0.05) is 0 Å². The fourth-order valence-electron chi connectivity index (χ4n) is 1.20. The molecule has 6 heteroatoms. The number of ether oxygens (including phenoxy) is 1. The summed E-state index contributed by atoms with van der Waals surface area (Å²) in [6.07, 6.45) is 1.54. The second-order valence-electron chi connectivity index (χ2n) is 3.82. The zero-order valence-electron chi connectivity index (χ0n) is 10.9. The molecule has 21 heavy (non-hydrogen) atoms. The largest absolute Gasteiger partial charge is 0.508 e. The van der Waals surface area contributed by atoms with Gasteiger partial charge in [0.05, 0.1) is 0 Å². The van der Waals surface area contributed by atoms with Gasteiger partial charge in [0.25, 0.3) is 0 Å². The lowest BCUT2D eigenvalue weighted by Gasteiger charge is -2.02. The van der Waals surface area contributed by atoms with Crippen molar-refractivity contribution in [3.05, 3.63) is 59.1 Å². The number of hydrogen-bond acceptors (Lipinski definition) is 4. The van der Waals surface area contributed by atoms with Crippen LogP contribution in [0, 0.1) is 0 Å². The molecule has 2 rings (SSSR count). The topological polar surface area (TPSA) is 69.9 Å². The Morgan fingerprint density at radius 2 is 1.19 bits per heavy atom. The number of phenols is 3. The van der Waals surface area contributed by atoms with Crippen molar-refractivity contribution < 1.29 is 20.1 Å². The van der Waals surface area contributed by atoms with Crippen molar-refractivity contribution in [3.8, 4) is 23.0 Å². The minimum absolute atomic E-state index is 0.169. The summed E-state index contributed by atoms with van der Waals surface area (Å²) < 4.78 is 5.39. The fourth-order valence-corrected chi connectivity index (χ4v) is 1.32. The molecule has 3 N–H and O–H groups in total. The number of aromatic hydroxyl groups is 3. The molecule has 0 fully saturated rings. The zero-order valence-corrected chi connectivity index (χ0v) is 12.4. The Kier molecular flexibility index (Phi) is 7.29. The standard InChI is InChI=1S/C9H8Cl2O2.C6H6O2/c10-9(11)5-6-13-8-3-1-7(12)2-4-8;7-5-1-2-6(8)4-3-5/h1-5,12H,6H2;1-4,7-8H. The van der Waals surface area contributed by atoms with E-state index < -0.39 is 0 Å². The van der Waals surface area contributed by atoms with E-state index in [4.69, 9.17) is 43.3 Å². The van der Waals surface area contributed by atoms with E-state index in [0.29, 0.717) is 12.4 Å². The maximum absolute atomic E-state index is 8.96. The summed E-state index contributed by atoms with van der Waals surface area (Å²) in [7, 11) is 0. The van der Waals surface area contributed by atoms with E-state index in [-0.39, 0.29) is 21.7 Å². The minimum atomic E-state index is 0.169. The monoisotopic (exact) mass is 328 g/mol. The molecule has 0 saturated carbocycles. The zero-order chi connectivity index (χ0) is 15.7. The fraction of sp³-hybridized carbons (Fsp3) is 0.0667. The Morgan fingerprint density at radius 1 is 0.810 bits per heavy atom. The molecule has 0 aliphatic carbocycles. The summed E-state index contributed by atoms with van der Waals surface area (Å²) >= 11 is 10.8. The molecule has 0 saturated heterocycles. The summed E-state index contributed by atoms with van der Waals surface area (Å²) in [5.41, 5.74) is 0. The first-order valence-electron chi connectivity index (χ1n) is 5.88. The van der Waals surface area contributed by atoms with Gasteiger partial charge >= 0.3 is 0 Å². The van der Waals surface area contributed by atoms with Crippen molar-refractivity contribution in [2.45, 2.75) is 0 Å². The molecule has 2 aromatic rings. The number of benzene rings is 2. The summed E-state index contributed by atoms with van der Waals surface area (Å²) in [5.74, 6) is 1.20. The summed E-state index contributed by atoms with van der Waals surface area (Å²) in [6, 6.07) is 12.1. The molecular formula is C15H14Cl2O4. The third kappa shape index (κ3) is 7.97. The maximum Gasteiger partial charge on any atom is 0.120 e. The van der Waals surface area contributed by atoms with Crippen molar-refractivity contribution in [1.29, 1.82) is 0 Å². The SMILES string of the molecule is Oc1ccc(O)cc1.Oc1ccc(OCC=C(Cl)Cl)cc1. The second kappa shape index (κ2) is 9.00. The van der Waals surface area contributed by atoms with E-state index in [9.17, 15) is 0 Å². The van der Waals surface area contributed by atoms with Crippen LogP contribution in [0.25, 0.3) is 0 Å². The highest BCUT2D eigenvalue weighted by molar-refractivity contribution is 6.55. The van der Waals surface area contributed by atoms with E-state index in [0.717, 1.165) is 0 Å². The molecule has 4 nitrogen and oxygen atoms in total. The average Bonchev–Trinajstić information content (AvgIpc) is 2.45. The van der Waals surface area contributed by atoms with Crippen molar-refractivity contribution >= 4 is 23.2 Å². The van der Waals surface area contributed by atoms with Gasteiger partial charge in [0.15, 0.2) is 0 Å². The average molecular weight is 329 g/mol. The van der Waals surface area contributed by atoms with Gasteiger partial charge in [-0.05, 0) is 54.6 Å². The predicted octanol–water partition coefficient (Wildman–Crippen LogP) is 4.19. The molecule has 0 heterocycles. The minimum Gasteiger partial charge on any atom is -0.508 e. The Bertz CT molecular complexity index is 540. The normalized spacial score (nSPS) is 9.24. The highest BCUT2D eigenvalue weighted by atomic mass is 35.5. The Morgan fingerprint density at radius 3 is 1.57 bits per heavy atom. The van der Waals surface area contributed by atoms with E-state index in [2.05, 4.69) is 0 Å². The van der Waals surface area contributed by atoms with Crippen LogP contribution in [0.2, 0.25) is 0 Å². The number of rotatable bonds is 3. The highest BCUT2D eigenvalue weighted by Gasteiger charge is 1.92. The van der Waals surface area contributed by atoms with Crippen molar-refractivity contribution in [2.24, 2.45) is 0 Å². The van der Waals surface area contributed by atoms with E-state index >= 15 is 0 Å². The van der Waals surface area contributed by atoms with Crippen LogP contribution < -0.4 is 4.74 Å². The second-order valence-corrected chi connectivity index (χ2v) is 4.82. The van der Waals surface area contributed by atoms with Gasteiger partial charge in [0.1, 0.15) is 34.1 Å². The molecule has 0 unspecified atom stereocenters. The van der Waals surface area contributed by atoms with Crippen molar-refractivity contribution in [1.82, 2.24) is 0 Å². The smallest absolute Gasteiger partial charge is 0.120 e. The van der Waals surface area contributed by atoms with Crippen LogP contribution in [0.3, 0.4) is 0 Å². The van der Waals surface area contributed by atoms with Crippen LogP contribution in [0.1, 0.15) is 0 Å². The molecule has 0 amide bonds. The first kappa shape index (κ1) is 17.0. The van der Waals surface area contributed by atoms with Gasteiger partial charge in [-0.25, -0.2) is 0 Å². The van der Waals surface area contributed by atoms with Crippen LogP contribution in [0.15, 0.2) is 59.1 Å². The lowest BCUT2D eigenvalue weighted by Crippen LogP contribution is -1.92. The van der Waals surface area contributed by atoms with E-state index in [1.807, 2.05) is 0 Å². The molecule has 2 aromatic carbocycles. The molecule has 112 valence electrons. The Hall–Kier alpha value is -2.04. The first-order chi connectivity index (χ1) is 9.97. The maximum atomic E-state index is 8.96. The van der Waals surface area contributed by atoms with Crippen LogP contribution in [0.4, 0.5) is 0 Å². The van der Waals surface area contributed by atoms with Gasteiger partial charge in [-0.1, -0.05) is 23.2 Å². The molecule has 0 aliphatic rings. The molecule has 0 atom stereocenters. The van der Waals surface area contributed by atoms with Crippen LogP contribution in [-0.4, -0.2) is 21.9 Å². The lowest BCUT2D eigenvalue weighted by atomic mass is 10.3. The van der Waals surface area contributed by atoms with Crippen LogP contribution >= 0.6 is 23.2 Å². The number of hydrogen-bond donors (Lipinski definition) is 3. The van der Waals surface area contributed by atoms with E-state index in [1.54, 1.807) is 24.3 Å². The summed E-state index contributed by atoms with van der Waals surface area (Å²) in [4.78, 5) is 0. The Balaban J connectivity index is 0.000000235. The highest BCUT2D eigenvalue weighted by Crippen LogP contribution is 2.16. The van der Waals surface area contributed by atoms with Gasteiger partial charge < -0.3 is 20.1 Å². The van der Waals surface area contributed by atoms with E-state index in [1.165, 1.54) is 30.3 Å². The lowest BCUT2D eigenvalue weighted by molar-refractivity contribution is 0.362. The quantitative estimate of drug-likeness (QED) is 0.739. The Labute approximate surface area is 132 Å². The van der Waals surface area contributed by atoms with Gasteiger partial charge in [-0.15, -0.1) is 0 Å². The molecule has 0 bridgehead atoms. The third-order valence-corrected chi connectivity index (χ3v) is 2.48. The summed E-state index contributed by atoms with van der Waals surface area (Å²) in [6.45, 7) is 0.313. The first-order valence-corrected chi connectivity index (χ1v) is 6.64. The third-order valence-electron chi connectivity index (χ3n) is 2.17. The van der Waals surface area contributed by atoms with Crippen LogP contribution in [0.5, 0.6) is 23.0 Å². The number of halogens is 2. The molecule has 0 spiro atoms. The molecule has 0 aliphatic heterocycles. The van der Waals surface area contributed by atoms with Gasteiger partial charge in [0.2, 0.25) is 0 Å². The predicted molar refractivity (Wildman–Crippen MR) is 83.2 cm³/mol. The van der Waals surface area contributed by atoms with Crippen molar-refractivity contribution in [3.63, 3.8) is 0 Å². The van der Waals surface area contributed by atoms with Gasteiger partial charge in [-0.3, -0.25) is 0 Å². The van der Waals surface area contributed by atoms with Crippen molar-refractivity contribution in [2.75, 3.05) is 6.61 Å². The van der Waals surface area contributed by atoms with Gasteiger partial charge in [-0.2, -0.15) is 0 Å². The number of phenolic OH excluding ortho intramolecular Hbond substituents is 3.